The van der Waals surface area contributed by atoms with Gasteiger partial charge in [-0.15, -0.1) is 0 Å². The van der Waals surface area contributed by atoms with E-state index < -0.39 is 0 Å². The van der Waals surface area contributed by atoms with Crippen molar-refractivity contribution in [1.29, 1.82) is 0 Å². The fourth-order valence-corrected chi connectivity index (χ4v) is 4.90. The molecule has 4 aromatic rings. The number of benzene rings is 2. The molecule has 0 saturated carbocycles. The molecule has 0 spiro atoms. The summed E-state index contributed by atoms with van der Waals surface area (Å²) in [5.41, 5.74) is 4.77. The Morgan fingerprint density at radius 3 is 2.80 bits per heavy atom. The Balaban J connectivity index is 1.42. The van der Waals surface area contributed by atoms with E-state index >= 15 is 0 Å². The number of nitrogens with one attached hydrogen (secondary N) is 1. The van der Waals surface area contributed by atoms with Gasteiger partial charge in [0.05, 0.1) is 22.8 Å². The number of hydrogen-bond acceptors (Lipinski definition) is 4. The zero-order valence-electron chi connectivity index (χ0n) is 16.7. The third-order valence-corrected chi connectivity index (χ3v) is 6.48. The number of aryl methyl sites for hydroxylation is 1. The summed E-state index contributed by atoms with van der Waals surface area (Å²) in [6, 6.07) is 15.8. The van der Waals surface area contributed by atoms with Gasteiger partial charge in [0.15, 0.2) is 0 Å². The van der Waals surface area contributed by atoms with Crippen LogP contribution in [-0.4, -0.2) is 31.9 Å². The second kappa shape index (κ2) is 7.57. The van der Waals surface area contributed by atoms with Gasteiger partial charge < -0.3 is 9.88 Å². The second-order valence-electron chi connectivity index (χ2n) is 7.72. The van der Waals surface area contributed by atoms with Crippen LogP contribution in [0.2, 0.25) is 0 Å². The number of para-hydroxylation sites is 2. The quantitative estimate of drug-likeness (QED) is 0.542. The minimum absolute atomic E-state index is 0.0439. The molecule has 7 heteroatoms. The van der Waals surface area contributed by atoms with Gasteiger partial charge in [-0.1, -0.05) is 53.3 Å². The summed E-state index contributed by atoms with van der Waals surface area (Å²) >= 11 is 1.13. The molecule has 1 fully saturated rings. The number of H-pyrrole nitrogens is 1. The third kappa shape index (κ3) is 3.35. The van der Waals surface area contributed by atoms with E-state index in [9.17, 15) is 9.59 Å². The summed E-state index contributed by atoms with van der Waals surface area (Å²) in [4.78, 5) is 35.5. The maximum Gasteiger partial charge on any atom is 0.308 e. The zero-order valence-corrected chi connectivity index (χ0v) is 17.5. The Morgan fingerprint density at radius 1 is 1.20 bits per heavy atom. The Labute approximate surface area is 177 Å². The maximum absolute atomic E-state index is 13.2. The lowest BCUT2D eigenvalue weighted by Crippen LogP contribution is -2.35. The first-order valence-corrected chi connectivity index (χ1v) is 11.0. The van der Waals surface area contributed by atoms with Crippen molar-refractivity contribution in [2.75, 3.05) is 6.54 Å². The Kier molecular flexibility index (Phi) is 4.75. The predicted octanol–water partition coefficient (Wildman–Crippen LogP) is 4.13. The van der Waals surface area contributed by atoms with Crippen LogP contribution in [-0.2, 0) is 11.3 Å². The second-order valence-corrected chi connectivity index (χ2v) is 8.54. The normalized spacial score (nSPS) is 16.4. The minimum Gasteiger partial charge on any atom is -0.340 e. The first kappa shape index (κ1) is 18.8. The molecule has 30 heavy (non-hydrogen) atoms. The summed E-state index contributed by atoms with van der Waals surface area (Å²) in [5, 5.41) is 1.83. The van der Waals surface area contributed by atoms with Crippen LogP contribution in [0.3, 0.4) is 0 Å². The van der Waals surface area contributed by atoms with Gasteiger partial charge in [-0.25, -0.2) is 4.98 Å². The maximum atomic E-state index is 13.2. The largest absolute Gasteiger partial charge is 0.340 e. The Morgan fingerprint density at radius 2 is 2.00 bits per heavy atom. The number of nitrogens with zero attached hydrogens (tertiary/aromatic N) is 3. The highest BCUT2D eigenvalue weighted by Gasteiger charge is 2.32. The summed E-state index contributed by atoms with van der Waals surface area (Å²) < 4.78 is 1.59. The molecule has 5 rings (SSSR count). The van der Waals surface area contributed by atoms with Gasteiger partial charge in [0.1, 0.15) is 12.4 Å². The first-order chi connectivity index (χ1) is 14.6. The zero-order chi connectivity index (χ0) is 20.7. The van der Waals surface area contributed by atoms with Gasteiger partial charge in [0.25, 0.3) is 0 Å². The number of amides is 1. The van der Waals surface area contributed by atoms with Gasteiger partial charge in [-0.05, 0) is 37.5 Å². The fourth-order valence-electron chi connectivity index (χ4n) is 4.14. The molecule has 1 aliphatic rings. The van der Waals surface area contributed by atoms with Crippen LogP contribution in [0, 0.1) is 6.92 Å². The van der Waals surface area contributed by atoms with Crippen LogP contribution in [0.4, 0.5) is 0 Å². The topological polar surface area (TPSA) is 71.0 Å². The number of fused-ring (bicyclic) bond motifs is 1. The van der Waals surface area contributed by atoms with Gasteiger partial charge in [-0.3, -0.25) is 14.2 Å². The number of carbonyl (C=O) groups is 1. The van der Waals surface area contributed by atoms with E-state index in [-0.39, 0.29) is 23.4 Å². The van der Waals surface area contributed by atoms with Crippen LogP contribution in [0.15, 0.2) is 58.7 Å². The average molecular weight is 419 g/mol. The molecular weight excluding hydrogens is 396 g/mol. The molecule has 1 atom stereocenters. The number of thiazole rings is 1. The summed E-state index contributed by atoms with van der Waals surface area (Å²) in [6.07, 6.45) is 1.80. The molecule has 2 aromatic carbocycles. The monoisotopic (exact) mass is 418 g/mol. The summed E-state index contributed by atoms with van der Waals surface area (Å²) in [5.74, 6) is 0.769. The van der Waals surface area contributed by atoms with E-state index in [2.05, 4.69) is 4.98 Å². The standard InChI is InChI=1S/C23H22N4O2S/c1-15-8-10-16(11-9-15)20-14-30-23(29)27(20)13-21(28)26-12-4-7-19(26)22-24-17-5-2-3-6-18(17)25-22/h2-3,5-6,8-11,14,19H,4,7,12-13H2,1H3,(H,24,25)/t19-/m0/s1. The van der Waals surface area contributed by atoms with Crippen molar-refractivity contribution in [3.63, 3.8) is 0 Å². The Hall–Kier alpha value is -3.19. The first-order valence-electron chi connectivity index (χ1n) is 10.1. The molecule has 1 amide bonds. The van der Waals surface area contributed by atoms with Crippen molar-refractivity contribution >= 4 is 28.3 Å². The van der Waals surface area contributed by atoms with Crippen LogP contribution in [0.5, 0.6) is 0 Å². The highest BCUT2D eigenvalue weighted by molar-refractivity contribution is 7.07. The van der Waals surface area contributed by atoms with Crippen molar-refractivity contribution < 1.29 is 4.79 Å². The van der Waals surface area contributed by atoms with Crippen molar-refractivity contribution in [2.24, 2.45) is 0 Å². The molecule has 0 radical (unpaired) electrons. The molecule has 0 unspecified atom stereocenters. The van der Waals surface area contributed by atoms with E-state index in [0.29, 0.717) is 6.54 Å². The summed E-state index contributed by atoms with van der Waals surface area (Å²) in [7, 11) is 0. The predicted molar refractivity (Wildman–Crippen MR) is 119 cm³/mol. The molecule has 152 valence electrons. The number of carbonyl (C=O) groups excluding carboxylic acids is 1. The molecule has 1 saturated heterocycles. The molecule has 1 N–H and O–H groups in total. The van der Waals surface area contributed by atoms with Crippen molar-refractivity contribution in [3.8, 4) is 11.3 Å². The molecular formula is C23H22N4O2S. The minimum atomic E-state index is -0.113. The number of likely N-dealkylation sites (tertiary alicyclic amines) is 1. The average Bonchev–Trinajstić information content (AvgIpc) is 3.47. The lowest BCUT2D eigenvalue weighted by Gasteiger charge is -2.23. The molecule has 2 aromatic heterocycles. The van der Waals surface area contributed by atoms with Crippen LogP contribution in [0.1, 0.15) is 30.3 Å². The van der Waals surface area contributed by atoms with E-state index in [1.54, 1.807) is 4.57 Å². The highest BCUT2D eigenvalue weighted by Crippen LogP contribution is 2.32. The van der Waals surface area contributed by atoms with Crippen LogP contribution in [0.25, 0.3) is 22.3 Å². The Bertz CT molecular complexity index is 1240. The van der Waals surface area contributed by atoms with Gasteiger partial charge in [-0.2, -0.15) is 0 Å². The van der Waals surface area contributed by atoms with Crippen molar-refractivity contribution in [2.45, 2.75) is 32.4 Å². The van der Waals surface area contributed by atoms with Crippen molar-refractivity contribution in [1.82, 2.24) is 19.4 Å². The van der Waals surface area contributed by atoms with Crippen molar-refractivity contribution in [3.05, 3.63) is 75.0 Å². The lowest BCUT2D eigenvalue weighted by molar-refractivity contribution is -0.132. The molecule has 1 aliphatic heterocycles. The number of rotatable bonds is 4. The molecule has 3 heterocycles. The van der Waals surface area contributed by atoms with E-state index in [1.165, 1.54) is 0 Å². The van der Waals surface area contributed by atoms with E-state index in [4.69, 9.17) is 4.98 Å². The fraction of sp³-hybridized carbons (Fsp3) is 0.261. The number of imidazole rings is 1. The number of aromatic nitrogens is 3. The smallest absolute Gasteiger partial charge is 0.308 e. The molecule has 6 nitrogen and oxygen atoms in total. The summed E-state index contributed by atoms with van der Waals surface area (Å²) in [6.45, 7) is 2.75. The number of aromatic amines is 1. The van der Waals surface area contributed by atoms with E-state index in [0.717, 1.165) is 57.9 Å². The lowest BCUT2D eigenvalue weighted by atomic mass is 10.1. The SMILES string of the molecule is Cc1ccc(-c2csc(=O)n2CC(=O)N2CCC[C@H]2c2nc3ccccc3[nH]2)cc1. The molecule has 0 bridgehead atoms. The highest BCUT2D eigenvalue weighted by atomic mass is 32.1. The van der Waals surface area contributed by atoms with Gasteiger partial charge >= 0.3 is 4.87 Å². The number of hydrogen-bond donors (Lipinski definition) is 1. The third-order valence-electron chi connectivity index (χ3n) is 5.72. The van der Waals surface area contributed by atoms with Gasteiger partial charge in [0.2, 0.25) is 5.91 Å². The molecule has 0 aliphatic carbocycles. The van der Waals surface area contributed by atoms with E-state index in [1.807, 2.05) is 65.7 Å². The van der Waals surface area contributed by atoms with Gasteiger partial charge in [0, 0.05) is 11.9 Å². The van der Waals surface area contributed by atoms with Crippen LogP contribution >= 0.6 is 11.3 Å². The van der Waals surface area contributed by atoms with Crippen LogP contribution < -0.4 is 4.87 Å².